The molecule has 1 aliphatic rings. The van der Waals surface area contributed by atoms with Crippen LogP contribution in [0.3, 0.4) is 0 Å². The third kappa shape index (κ3) is 4.85. The Morgan fingerprint density at radius 1 is 1.08 bits per heavy atom. The molecular formula is C29H25ClN2O5S. The highest BCUT2D eigenvalue weighted by atomic mass is 35.5. The van der Waals surface area contributed by atoms with E-state index in [1.165, 1.54) is 16.2 Å². The van der Waals surface area contributed by atoms with Gasteiger partial charge in [0, 0.05) is 10.6 Å². The molecule has 2 heterocycles. The smallest absolute Gasteiger partial charge is 0.301 e. The Morgan fingerprint density at radius 3 is 2.61 bits per heavy atom. The van der Waals surface area contributed by atoms with E-state index in [0.717, 1.165) is 17.5 Å². The molecule has 1 atom stereocenters. The number of Topliss-reactive ketones (excluding diaryl/α,β-unsaturated/α-hetero) is 1. The highest BCUT2D eigenvalue weighted by Crippen LogP contribution is 2.45. The molecule has 194 valence electrons. The molecular weight excluding hydrogens is 524 g/mol. The maximum Gasteiger partial charge on any atom is 0.301 e. The number of fused-ring (bicyclic) bond motifs is 1. The highest BCUT2D eigenvalue weighted by molar-refractivity contribution is 7.22. The van der Waals surface area contributed by atoms with Crippen LogP contribution in [0.2, 0.25) is 5.02 Å². The lowest BCUT2D eigenvalue weighted by Crippen LogP contribution is -2.29. The number of hydrogen-bond acceptors (Lipinski definition) is 7. The first-order valence-electron chi connectivity index (χ1n) is 12.2. The molecule has 5 rings (SSSR count). The molecule has 1 aliphatic heterocycles. The fourth-order valence-corrected chi connectivity index (χ4v) is 5.49. The number of thiazole rings is 1. The van der Waals surface area contributed by atoms with Gasteiger partial charge in [0.25, 0.3) is 5.78 Å². The summed E-state index contributed by atoms with van der Waals surface area (Å²) in [5, 5.41) is 12.1. The maximum absolute atomic E-state index is 13.5. The number of nitrogens with zero attached hydrogens (tertiary/aromatic N) is 2. The predicted molar refractivity (Wildman–Crippen MR) is 149 cm³/mol. The lowest BCUT2D eigenvalue weighted by Gasteiger charge is -2.23. The summed E-state index contributed by atoms with van der Waals surface area (Å²) in [5.74, 6) is -0.578. The number of ether oxygens (including phenoxy) is 2. The molecule has 38 heavy (non-hydrogen) atoms. The summed E-state index contributed by atoms with van der Waals surface area (Å²) in [6, 6.07) is 18.2. The number of amides is 1. The van der Waals surface area contributed by atoms with Gasteiger partial charge < -0.3 is 14.6 Å². The van der Waals surface area contributed by atoms with E-state index in [0.29, 0.717) is 44.9 Å². The molecule has 0 spiro atoms. The number of hydrogen-bond donors (Lipinski definition) is 1. The quantitative estimate of drug-likeness (QED) is 0.113. The van der Waals surface area contributed by atoms with Crippen LogP contribution in [0.15, 0.2) is 72.3 Å². The number of carbonyl (C=O) groups excluding carboxylic acids is 2. The Kier molecular flexibility index (Phi) is 7.35. The first kappa shape index (κ1) is 25.8. The first-order valence-corrected chi connectivity index (χ1v) is 13.3. The number of aliphatic hydroxyl groups excluding tert-OH is 1. The van der Waals surface area contributed by atoms with Crippen LogP contribution >= 0.6 is 22.9 Å². The van der Waals surface area contributed by atoms with Crippen molar-refractivity contribution in [1.82, 2.24) is 4.98 Å². The molecule has 0 aliphatic carbocycles. The second-order valence-electron chi connectivity index (χ2n) is 8.78. The third-order valence-corrected chi connectivity index (χ3v) is 7.56. The maximum atomic E-state index is 13.5. The molecule has 7 nitrogen and oxygen atoms in total. The number of unbranched alkanes of at least 4 members (excludes halogenated alkanes) is 1. The molecule has 0 saturated carbocycles. The number of aromatic nitrogens is 1. The molecule has 1 unspecified atom stereocenters. The summed E-state index contributed by atoms with van der Waals surface area (Å²) in [7, 11) is 1.58. The number of ketones is 1. The summed E-state index contributed by atoms with van der Waals surface area (Å²) in [4.78, 5) is 33.0. The lowest BCUT2D eigenvalue weighted by atomic mass is 9.95. The zero-order chi connectivity index (χ0) is 26.8. The minimum absolute atomic E-state index is 0.0279. The van der Waals surface area contributed by atoms with Crippen LogP contribution in [0.25, 0.3) is 16.0 Å². The van der Waals surface area contributed by atoms with Gasteiger partial charge in [0.15, 0.2) is 5.13 Å². The molecule has 1 N–H and O–H groups in total. The zero-order valence-electron chi connectivity index (χ0n) is 20.8. The SMILES string of the molecule is CCCCOc1cccc(C2/C(=C(\O)c3ccc(Cl)cc3)C(=O)C(=O)N2c2nc3ccc(OC)cc3s2)c1. The first-order chi connectivity index (χ1) is 18.4. The van der Waals surface area contributed by atoms with E-state index in [9.17, 15) is 14.7 Å². The van der Waals surface area contributed by atoms with Crippen LogP contribution in [0.1, 0.15) is 36.9 Å². The number of carbonyl (C=O) groups is 2. The number of methoxy groups -OCH3 is 1. The van der Waals surface area contributed by atoms with Gasteiger partial charge in [-0.1, -0.05) is 48.4 Å². The summed E-state index contributed by atoms with van der Waals surface area (Å²) >= 11 is 7.30. The van der Waals surface area contributed by atoms with E-state index in [1.54, 1.807) is 49.6 Å². The van der Waals surface area contributed by atoms with E-state index >= 15 is 0 Å². The average Bonchev–Trinajstić information content (AvgIpc) is 3.46. The monoisotopic (exact) mass is 548 g/mol. The summed E-state index contributed by atoms with van der Waals surface area (Å²) in [5.41, 5.74) is 1.63. The van der Waals surface area contributed by atoms with Crippen molar-refractivity contribution in [3.63, 3.8) is 0 Å². The molecule has 3 aromatic carbocycles. The van der Waals surface area contributed by atoms with E-state index in [1.807, 2.05) is 24.3 Å². The van der Waals surface area contributed by atoms with Crippen molar-refractivity contribution < 1.29 is 24.2 Å². The molecule has 1 amide bonds. The third-order valence-electron chi connectivity index (χ3n) is 6.29. The van der Waals surface area contributed by atoms with Crippen molar-refractivity contribution in [2.45, 2.75) is 25.8 Å². The Morgan fingerprint density at radius 2 is 1.87 bits per heavy atom. The molecule has 0 radical (unpaired) electrons. The number of anilines is 1. The van der Waals surface area contributed by atoms with Crippen molar-refractivity contribution in [2.24, 2.45) is 0 Å². The van der Waals surface area contributed by atoms with E-state index in [-0.39, 0.29) is 11.3 Å². The van der Waals surface area contributed by atoms with Crippen molar-refractivity contribution in [2.75, 3.05) is 18.6 Å². The van der Waals surface area contributed by atoms with Crippen molar-refractivity contribution >= 4 is 55.7 Å². The minimum atomic E-state index is -0.914. The lowest BCUT2D eigenvalue weighted by molar-refractivity contribution is -0.132. The number of aliphatic hydroxyl groups is 1. The topological polar surface area (TPSA) is 89.0 Å². The Hall–Kier alpha value is -3.88. The van der Waals surface area contributed by atoms with Gasteiger partial charge in [-0.15, -0.1) is 0 Å². The van der Waals surface area contributed by atoms with Gasteiger partial charge in [-0.25, -0.2) is 4.98 Å². The van der Waals surface area contributed by atoms with Crippen LogP contribution in [0.4, 0.5) is 5.13 Å². The summed E-state index contributed by atoms with van der Waals surface area (Å²) in [6.45, 7) is 2.63. The van der Waals surface area contributed by atoms with Crippen LogP contribution in [0, 0.1) is 0 Å². The van der Waals surface area contributed by atoms with Crippen molar-refractivity contribution in [3.05, 3.63) is 88.5 Å². The van der Waals surface area contributed by atoms with Gasteiger partial charge in [0.2, 0.25) is 0 Å². The minimum Gasteiger partial charge on any atom is -0.507 e. The average molecular weight is 549 g/mol. The van der Waals surface area contributed by atoms with Gasteiger partial charge >= 0.3 is 5.91 Å². The largest absolute Gasteiger partial charge is 0.507 e. The van der Waals surface area contributed by atoms with Gasteiger partial charge in [0.1, 0.15) is 17.3 Å². The number of rotatable bonds is 8. The highest BCUT2D eigenvalue weighted by Gasteiger charge is 2.48. The zero-order valence-corrected chi connectivity index (χ0v) is 22.4. The van der Waals surface area contributed by atoms with E-state index in [4.69, 9.17) is 21.1 Å². The normalized spacial score (nSPS) is 16.8. The molecule has 1 fully saturated rings. The second-order valence-corrected chi connectivity index (χ2v) is 10.2. The van der Waals surface area contributed by atoms with E-state index in [2.05, 4.69) is 11.9 Å². The molecule has 1 saturated heterocycles. The van der Waals surface area contributed by atoms with Crippen LogP contribution < -0.4 is 14.4 Å². The van der Waals surface area contributed by atoms with Crippen molar-refractivity contribution in [1.29, 1.82) is 0 Å². The van der Waals surface area contributed by atoms with Crippen LogP contribution in [0.5, 0.6) is 11.5 Å². The number of benzene rings is 3. The second kappa shape index (κ2) is 10.8. The molecule has 1 aromatic heterocycles. The van der Waals surface area contributed by atoms with Gasteiger partial charge in [-0.2, -0.15) is 0 Å². The predicted octanol–water partition coefficient (Wildman–Crippen LogP) is 6.76. The van der Waals surface area contributed by atoms with Gasteiger partial charge in [-0.05, 0) is 66.6 Å². The van der Waals surface area contributed by atoms with Gasteiger partial charge in [0.05, 0.1) is 35.5 Å². The van der Waals surface area contributed by atoms with E-state index < -0.39 is 17.7 Å². The Balaban J connectivity index is 1.67. The Bertz CT molecular complexity index is 1550. The summed E-state index contributed by atoms with van der Waals surface area (Å²) in [6.07, 6.45) is 1.89. The van der Waals surface area contributed by atoms with Crippen LogP contribution in [-0.4, -0.2) is 35.5 Å². The number of halogens is 1. The molecule has 4 aromatic rings. The van der Waals surface area contributed by atoms with Gasteiger partial charge in [-0.3, -0.25) is 14.5 Å². The molecule has 0 bridgehead atoms. The molecule has 9 heteroatoms. The van der Waals surface area contributed by atoms with Crippen molar-refractivity contribution in [3.8, 4) is 11.5 Å². The fraction of sp³-hybridized carbons (Fsp3) is 0.207. The summed E-state index contributed by atoms with van der Waals surface area (Å²) < 4.78 is 12.0. The van der Waals surface area contributed by atoms with Crippen LogP contribution in [-0.2, 0) is 9.59 Å². The Labute approximate surface area is 228 Å². The fourth-order valence-electron chi connectivity index (χ4n) is 4.34. The standard InChI is InChI=1S/C29H25ClN2O5S/c1-3-4-14-37-21-7-5-6-18(15-21)25-24(26(33)17-8-10-19(30)11-9-17)27(34)28(35)32(25)29-31-22-13-12-20(36-2)16-23(22)38-29/h5-13,15-16,25,33H,3-4,14H2,1-2H3/b26-24+.